The second kappa shape index (κ2) is 8.69. The molecule has 182 valence electrons. The van der Waals surface area contributed by atoms with Gasteiger partial charge in [0.15, 0.2) is 0 Å². The lowest BCUT2D eigenvalue weighted by Crippen LogP contribution is -2.36. The lowest BCUT2D eigenvalue weighted by atomic mass is 10.0. The average Bonchev–Trinajstić information content (AvgIpc) is 3.27. The lowest BCUT2D eigenvalue weighted by Gasteiger charge is -2.29. The summed E-state index contributed by atoms with van der Waals surface area (Å²) in [6, 6.07) is 9.13. The number of nitrogens with one attached hydrogen (secondary N) is 1. The molecule has 2 aliphatic heterocycles. The van der Waals surface area contributed by atoms with Gasteiger partial charge in [-0.05, 0) is 48.6 Å². The Morgan fingerprint density at radius 2 is 1.66 bits per heavy atom. The van der Waals surface area contributed by atoms with Crippen LogP contribution < -0.4 is 9.80 Å². The van der Waals surface area contributed by atoms with Crippen molar-refractivity contribution >= 4 is 44.8 Å². The van der Waals surface area contributed by atoms with Crippen LogP contribution in [0.25, 0.3) is 21.8 Å². The maximum Gasteiger partial charge on any atom is 0.116 e. The Balaban J connectivity index is 1.14. The molecule has 2 unspecified atom stereocenters. The van der Waals surface area contributed by atoms with Crippen molar-refractivity contribution in [3.8, 4) is 0 Å². The summed E-state index contributed by atoms with van der Waals surface area (Å²) in [7, 11) is 0. The van der Waals surface area contributed by atoms with Crippen LogP contribution in [0.1, 0.15) is 18.0 Å². The van der Waals surface area contributed by atoms with Gasteiger partial charge in [-0.15, -0.1) is 0 Å². The molecule has 3 fully saturated rings. The maximum atomic E-state index is 6.49. The molecule has 35 heavy (non-hydrogen) atoms. The molecular formula is C26H29ClN6O2. The Labute approximate surface area is 208 Å². The molecule has 1 saturated carbocycles. The Hall–Kier alpha value is -2.81. The van der Waals surface area contributed by atoms with Crippen molar-refractivity contribution in [2.75, 3.05) is 62.4 Å². The monoisotopic (exact) mass is 492 g/mol. The van der Waals surface area contributed by atoms with Crippen molar-refractivity contribution in [1.82, 2.24) is 20.0 Å². The molecule has 1 aliphatic carbocycles. The molecule has 0 bridgehead atoms. The maximum absolute atomic E-state index is 6.49. The summed E-state index contributed by atoms with van der Waals surface area (Å²) in [5.41, 5.74) is 5.88. The number of aromatic amines is 1. The van der Waals surface area contributed by atoms with Gasteiger partial charge in [0.25, 0.3) is 0 Å². The summed E-state index contributed by atoms with van der Waals surface area (Å²) in [5, 5.41) is 15.6. The van der Waals surface area contributed by atoms with Gasteiger partial charge in [-0.1, -0.05) is 11.6 Å². The van der Waals surface area contributed by atoms with Gasteiger partial charge in [-0.3, -0.25) is 9.78 Å². The number of fused-ring (bicyclic) bond motifs is 2. The smallest absolute Gasteiger partial charge is 0.116 e. The van der Waals surface area contributed by atoms with Crippen LogP contribution in [0, 0.1) is 5.92 Å². The standard InChI is InChI=1S/C26H29ClN6O2/c27-21-12-20-16-33(30-26(20)24(14-21)32-3-7-35-8-4-32)22-13-18(22)9-17-10-19-15-28-29-25(19)23(11-17)31-1-5-34-6-2-31/h10-12,14-16,18,22H,1-9,13H2,(H,28,29). The summed E-state index contributed by atoms with van der Waals surface area (Å²) in [6.07, 6.45) is 6.29. The van der Waals surface area contributed by atoms with E-state index in [0.717, 1.165) is 92.6 Å². The minimum atomic E-state index is 0.422. The van der Waals surface area contributed by atoms with Crippen LogP contribution in [0.2, 0.25) is 5.02 Å². The van der Waals surface area contributed by atoms with Crippen LogP contribution in [-0.2, 0) is 15.9 Å². The van der Waals surface area contributed by atoms with Gasteiger partial charge in [0.1, 0.15) is 5.52 Å². The number of anilines is 2. The zero-order valence-electron chi connectivity index (χ0n) is 19.6. The predicted molar refractivity (Wildman–Crippen MR) is 138 cm³/mol. The highest BCUT2D eigenvalue weighted by atomic mass is 35.5. The topological polar surface area (TPSA) is 71.4 Å². The van der Waals surface area contributed by atoms with Crippen molar-refractivity contribution in [2.45, 2.75) is 18.9 Å². The number of hydrogen-bond acceptors (Lipinski definition) is 6. The lowest BCUT2D eigenvalue weighted by molar-refractivity contribution is 0.122. The summed E-state index contributed by atoms with van der Waals surface area (Å²) in [5.74, 6) is 0.577. The third-order valence-corrected chi connectivity index (χ3v) is 7.80. The van der Waals surface area contributed by atoms with Crippen LogP contribution in [0.15, 0.2) is 36.7 Å². The molecule has 2 aromatic heterocycles. The van der Waals surface area contributed by atoms with E-state index in [2.05, 4.69) is 43.0 Å². The number of H-pyrrole nitrogens is 1. The molecule has 3 aliphatic rings. The molecule has 1 N–H and O–H groups in total. The van der Waals surface area contributed by atoms with E-state index in [1.54, 1.807) is 0 Å². The van der Waals surface area contributed by atoms with Gasteiger partial charge in [0.2, 0.25) is 0 Å². The Bertz CT molecular complexity index is 1370. The van der Waals surface area contributed by atoms with Crippen LogP contribution >= 0.6 is 11.6 Å². The molecule has 7 rings (SSSR count). The summed E-state index contributed by atoms with van der Waals surface area (Å²) >= 11 is 6.49. The molecular weight excluding hydrogens is 464 g/mol. The average molecular weight is 493 g/mol. The van der Waals surface area contributed by atoms with Gasteiger partial charge >= 0.3 is 0 Å². The summed E-state index contributed by atoms with van der Waals surface area (Å²) < 4.78 is 13.3. The molecule has 2 saturated heterocycles. The summed E-state index contributed by atoms with van der Waals surface area (Å²) in [6.45, 7) is 6.60. The number of morpholine rings is 2. The summed E-state index contributed by atoms with van der Waals surface area (Å²) in [4.78, 5) is 4.75. The van der Waals surface area contributed by atoms with E-state index in [1.807, 2.05) is 18.3 Å². The molecule has 4 heterocycles. The van der Waals surface area contributed by atoms with Gasteiger partial charge in [-0.2, -0.15) is 10.2 Å². The SMILES string of the molecule is Clc1cc(N2CCOCC2)c2nn(C3CC3Cc3cc(N4CCOCC4)c4[nH]ncc4c3)cc2c1. The molecule has 0 spiro atoms. The molecule has 2 aromatic carbocycles. The van der Waals surface area contributed by atoms with Crippen molar-refractivity contribution < 1.29 is 9.47 Å². The Morgan fingerprint density at radius 3 is 2.43 bits per heavy atom. The highest BCUT2D eigenvalue weighted by Crippen LogP contribution is 2.47. The van der Waals surface area contributed by atoms with E-state index in [0.29, 0.717) is 12.0 Å². The van der Waals surface area contributed by atoms with E-state index in [9.17, 15) is 0 Å². The number of aromatic nitrogens is 4. The minimum Gasteiger partial charge on any atom is -0.378 e. The van der Waals surface area contributed by atoms with Crippen molar-refractivity contribution in [1.29, 1.82) is 0 Å². The molecule has 8 nitrogen and oxygen atoms in total. The zero-order chi connectivity index (χ0) is 23.4. The predicted octanol–water partition coefficient (Wildman–Crippen LogP) is 4.04. The number of hydrogen-bond donors (Lipinski definition) is 1. The van der Waals surface area contributed by atoms with Gasteiger partial charge in [0, 0.05) is 48.2 Å². The highest BCUT2D eigenvalue weighted by molar-refractivity contribution is 6.31. The van der Waals surface area contributed by atoms with Crippen LogP contribution in [0.5, 0.6) is 0 Å². The first-order valence-corrected chi connectivity index (χ1v) is 12.9. The normalized spacial score (nSPS) is 22.9. The number of benzene rings is 2. The van der Waals surface area contributed by atoms with Gasteiger partial charge in [-0.25, -0.2) is 0 Å². The van der Waals surface area contributed by atoms with E-state index in [1.165, 1.54) is 16.6 Å². The number of halogens is 1. The Morgan fingerprint density at radius 1 is 0.914 bits per heavy atom. The van der Waals surface area contributed by atoms with Gasteiger partial charge < -0.3 is 19.3 Å². The fourth-order valence-electron chi connectivity index (χ4n) is 5.66. The third kappa shape index (κ3) is 4.03. The largest absolute Gasteiger partial charge is 0.378 e. The van der Waals surface area contributed by atoms with E-state index < -0.39 is 0 Å². The first-order chi connectivity index (χ1) is 17.2. The van der Waals surface area contributed by atoms with E-state index in [4.69, 9.17) is 26.2 Å². The van der Waals surface area contributed by atoms with E-state index in [-0.39, 0.29) is 0 Å². The van der Waals surface area contributed by atoms with Crippen molar-refractivity contribution in [2.24, 2.45) is 5.92 Å². The number of nitrogens with zero attached hydrogens (tertiary/aromatic N) is 5. The second-order valence-electron chi connectivity index (χ2n) is 9.89. The van der Waals surface area contributed by atoms with Crippen LogP contribution in [0.4, 0.5) is 11.4 Å². The Kier molecular flexibility index (Phi) is 5.33. The second-order valence-corrected chi connectivity index (χ2v) is 10.3. The molecule has 9 heteroatoms. The fourth-order valence-corrected chi connectivity index (χ4v) is 5.88. The third-order valence-electron chi connectivity index (χ3n) is 7.59. The zero-order valence-corrected chi connectivity index (χ0v) is 20.4. The van der Waals surface area contributed by atoms with Crippen molar-refractivity contribution in [3.63, 3.8) is 0 Å². The molecule has 0 amide bonds. The number of ether oxygens (including phenoxy) is 2. The van der Waals surface area contributed by atoms with Crippen LogP contribution in [0.3, 0.4) is 0 Å². The highest BCUT2D eigenvalue weighted by Gasteiger charge is 2.39. The van der Waals surface area contributed by atoms with E-state index >= 15 is 0 Å². The fraction of sp³-hybridized carbons (Fsp3) is 0.462. The molecule has 2 atom stereocenters. The van der Waals surface area contributed by atoms with Gasteiger partial charge in [0.05, 0.1) is 55.6 Å². The van der Waals surface area contributed by atoms with Crippen molar-refractivity contribution in [3.05, 3.63) is 47.2 Å². The van der Waals surface area contributed by atoms with Crippen LogP contribution in [-0.4, -0.2) is 72.6 Å². The number of rotatable bonds is 5. The first kappa shape index (κ1) is 21.5. The minimum absolute atomic E-state index is 0.422. The molecule has 4 aromatic rings. The first-order valence-electron chi connectivity index (χ1n) is 12.5. The molecule has 0 radical (unpaired) electrons. The quantitative estimate of drug-likeness (QED) is 0.453.